The number of nitrogens with zero attached hydrogens (tertiary/aromatic N) is 3. The van der Waals surface area contributed by atoms with Crippen molar-refractivity contribution < 1.29 is 9.47 Å². The fraction of sp³-hybridized carbons (Fsp3) is 0.0417. The van der Waals surface area contributed by atoms with Crippen LogP contribution in [-0.2, 0) is 6.42 Å². The first-order chi connectivity index (χ1) is 26.8. The number of para-hydroxylation sites is 7. The predicted octanol–water partition coefficient (Wildman–Crippen LogP) is 10.6. The molecule has 5 heterocycles. The summed E-state index contributed by atoms with van der Waals surface area (Å²) in [5.74, 6) is 3.46. The standard InChI is InChI=1S/C48H30BN3O2/c1-3-15-36-32(11-1)33-12-2-4-16-37(33)50(36)31-25-23-29(24-26-31)30-27-40-46-41(28-30)52-39-18-6-8-20-43(39)54-45-22-10-14-35(48(45)52)49(46)34-13-9-21-44-47(34)51(40)38-17-5-7-19-42(38)53-44/h1,3-11,13-28H,2,12H2. The molecule has 0 amide bonds. The first kappa shape index (κ1) is 28.6. The zero-order valence-corrected chi connectivity index (χ0v) is 29.2. The van der Waals surface area contributed by atoms with Gasteiger partial charge in [-0.1, -0.05) is 84.9 Å². The van der Waals surface area contributed by atoms with E-state index in [4.69, 9.17) is 9.47 Å². The van der Waals surface area contributed by atoms with E-state index in [1.165, 1.54) is 55.6 Å². The van der Waals surface area contributed by atoms with E-state index in [9.17, 15) is 0 Å². The molecular weight excluding hydrogens is 661 g/mol. The Morgan fingerprint density at radius 3 is 1.78 bits per heavy atom. The Labute approximate surface area is 312 Å². The smallest absolute Gasteiger partial charge is 0.252 e. The third-order valence-electron chi connectivity index (χ3n) is 12.0. The highest BCUT2D eigenvalue weighted by molar-refractivity contribution is 7.00. The average Bonchev–Trinajstić information content (AvgIpc) is 3.57. The fourth-order valence-corrected chi connectivity index (χ4v) is 9.82. The van der Waals surface area contributed by atoms with Gasteiger partial charge in [-0.25, -0.2) is 0 Å². The Kier molecular flexibility index (Phi) is 5.50. The number of rotatable bonds is 2. The highest BCUT2D eigenvalue weighted by Crippen LogP contribution is 2.56. The molecule has 4 aliphatic heterocycles. The largest absolute Gasteiger partial charge is 0.453 e. The van der Waals surface area contributed by atoms with Gasteiger partial charge in [0.1, 0.15) is 0 Å². The lowest BCUT2D eigenvalue weighted by Gasteiger charge is -2.47. The normalized spacial score (nSPS) is 14.6. The van der Waals surface area contributed by atoms with Crippen LogP contribution in [0.5, 0.6) is 23.0 Å². The van der Waals surface area contributed by atoms with Crippen LogP contribution in [0.2, 0.25) is 0 Å². The predicted molar refractivity (Wildman–Crippen MR) is 220 cm³/mol. The number of hydrogen-bond donors (Lipinski definition) is 0. The fourth-order valence-electron chi connectivity index (χ4n) is 9.82. The SMILES string of the molecule is C1=Cc2c(c3ccccc3n2-c2ccc(-c3cc4c5c(c3)N3c6ccccc6Oc6cccc(c63)B5c3cccc5c3N4c3ccccc3O5)cc2)CC1. The summed E-state index contributed by atoms with van der Waals surface area (Å²) in [4.78, 5) is 4.89. The van der Waals surface area contributed by atoms with E-state index >= 15 is 0 Å². The van der Waals surface area contributed by atoms with Gasteiger partial charge in [0.25, 0.3) is 6.71 Å². The Hall–Kier alpha value is -6.92. The van der Waals surface area contributed by atoms with Crippen molar-refractivity contribution in [2.24, 2.45) is 0 Å². The molecule has 54 heavy (non-hydrogen) atoms. The molecule has 0 atom stereocenters. The van der Waals surface area contributed by atoms with Crippen LogP contribution in [0.3, 0.4) is 0 Å². The van der Waals surface area contributed by atoms with Crippen LogP contribution >= 0.6 is 0 Å². The third-order valence-corrected chi connectivity index (χ3v) is 12.0. The van der Waals surface area contributed by atoms with Gasteiger partial charge >= 0.3 is 0 Å². The van der Waals surface area contributed by atoms with Crippen LogP contribution in [0.1, 0.15) is 17.7 Å². The minimum absolute atomic E-state index is 0.00666. The van der Waals surface area contributed by atoms with E-state index in [-0.39, 0.29) is 6.71 Å². The summed E-state index contributed by atoms with van der Waals surface area (Å²) in [6, 6.07) is 52.6. The molecule has 5 aliphatic rings. The van der Waals surface area contributed by atoms with Crippen molar-refractivity contribution in [2.45, 2.75) is 12.8 Å². The number of benzene rings is 7. The molecule has 8 aromatic rings. The van der Waals surface area contributed by atoms with Crippen LogP contribution in [0, 0.1) is 0 Å². The van der Waals surface area contributed by atoms with Gasteiger partial charge in [0.15, 0.2) is 23.0 Å². The molecule has 1 aliphatic carbocycles. The van der Waals surface area contributed by atoms with E-state index < -0.39 is 0 Å². The molecule has 0 N–H and O–H groups in total. The minimum Gasteiger partial charge on any atom is -0.453 e. The summed E-state index contributed by atoms with van der Waals surface area (Å²) in [5, 5.41) is 1.35. The molecule has 5 nitrogen and oxygen atoms in total. The molecule has 1 aromatic heterocycles. The average molecular weight is 692 g/mol. The summed E-state index contributed by atoms with van der Waals surface area (Å²) < 4.78 is 15.7. The van der Waals surface area contributed by atoms with Crippen molar-refractivity contribution in [1.82, 2.24) is 4.57 Å². The number of anilines is 6. The van der Waals surface area contributed by atoms with E-state index in [2.05, 4.69) is 172 Å². The lowest BCUT2D eigenvalue weighted by Crippen LogP contribution is -2.61. The zero-order valence-electron chi connectivity index (χ0n) is 29.2. The van der Waals surface area contributed by atoms with E-state index in [1.54, 1.807) is 0 Å². The minimum atomic E-state index is -0.00666. The first-order valence-corrected chi connectivity index (χ1v) is 18.8. The molecule has 0 spiro atoms. The van der Waals surface area contributed by atoms with Gasteiger partial charge in [0.05, 0.1) is 28.3 Å². The number of aryl methyl sites for hydroxylation is 1. The van der Waals surface area contributed by atoms with Gasteiger partial charge < -0.3 is 23.8 Å². The number of aromatic nitrogens is 1. The summed E-state index contributed by atoms with van der Waals surface area (Å²) in [6.07, 6.45) is 6.76. The maximum Gasteiger partial charge on any atom is 0.252 e. The summed E-state index contributed by atoms with van der Waals surface area (Å²) in [5.41, 5.74) is 17.9. The molecule has 0 fully saturated rings. The van der Waals surface area contributed by atoms with Gasteiger partial charge in [-0.05, 0) is 119 Å². The Bertz CT molecular complexity index is 2850. The molecule has 6 heteroatoms. The van der Waals surface area contributed by atoms with Gasteiger partial charge in [-0.2, -0.15) is 0 Å². The summed E-state index contributed by atoms with van der Waals surface area (Å²) in [6.45, 7) is -0.00666. The highest BCUT2D eigenvalue weighted by atomic mass is 16.5. The van der Waals surface area contributed by atoms with E-state index in [1.807, 2.05) is 0 Å². The van der Waals surface area contributed by atoms with Crippen molar-refractivity contribution in [3.8, 4) is 39.8 Å². The van der Waals surface area contributed by atoms with Gasteiger partial charge in [-0.3, -0.25) is 0 Å². The molecule has 0 saturated carbocycles. The molecule has 0 saturated heterocycles. The van der Waals surface area contributed by atoms with E-state index in [0.717, 1.165) is 69.7 Å². The third kappa shape index (κ3) is 3.64. The topological polar surface area (TPSA) is 29.9 Å². The number of ether oxygens (including phenoxy) is 2. The second-order valence-corrected chi connectivity index (χ2v) is 14.8. The molecule has 0 unspecified atom stereocenters. The molecule has 252 valence electrons. The highest BCUT2D eigenvalue weighted by Gasteiger charge is 2.48. The van der Waals surface area contributed by atoms with Crippen LogP contribution in [-0.4, -0.2) is 11.3 Å². The number of fused-ring (bicyclic) bond motifs is 11. The quantitative estimate of drug-likeness (QED) is 0.169. The van der Waals surface area contributed by atoms with E-state index in [0.29, 0.717) is 0 Å². The van der Waals surface area contributed by atoms with Crippen molar-refractivity contribution in [3.63, 3.8) is 0 Å². The molecule has 13 rings (SSSR count). The molecule has 0 bridgehead atoms. The van der Waals surface area contributed by atoms with Crippen molar-refractivity contribution >= 4 is 74.2 Å². The first-order valence-electron chi connectivity index (χ1n) is 18.8. The lowest BCUT2D eigenvalue weighted by molar-refractivity contribution is 0.477. The van der Waals surface area contributed by atoms with Crippen LogP contribution in [0.4, 0.5) is 34.1 Å². The molecule has 7 aromatic carbocycles. The molecule has 0 radical (unpaired) electrons. The summed E-state index contributed by atoms with van der Waals surface area (Å²) >= 11 is 0. The maximum absolute atomic E-state index is 6.64. The Morgan fingerprint density at radius 1 is 0.519 bits per heavy atom. The van der Waals surface area contributed by atoms with Crippen LogP contribution < -0.4 is 35.7 Å². The second-order valence-electron chi connectivity index (χ2n) is 14.8. The Balaban J connectivity index is 1.07. The van der Waals surface area contributed by atoms with Crippen molar-refractivity contribution in [3.05, 3.63) is 163 Å². The van der Waals surface area contributed by atoms with Gasteiger partial charge in [-0.15, -0.1) is 0 Å². The maximum atomic E-state index is 6.64. The lowest BCUT2D eigenvalue weighted by atomic mass is 9.33. The summed E-state index contributed by atoms with van der Waals surface area (Å²) in [7, 11) is 0. The van der Waals surface area contributed by atoms with Gasteiger partial charge in [0.2, 0.25) is 0 Å². The van der Waals surface area contributed by atoms with Gasteiger partial charge in [0, 0.05) is 28.1 Å². The molecular formula is C48H30BN3O2. The number of hydrogen-bond acceptors (Lipinski definition) is 4. The van der Waals surface area contributed by atoms with Crippen LogP contribution in [0.25, 0.3) is 33.8 Å². The van der Waals surface area contributed by atoms with Crippen molar-refractivity contribution in [2.75, 3.05) is 9.80 Å². The zero-order chi connectivity index (χ0) is 35.1. The van der Waals surface area contributed by atoms with Crippen LogP contribution in [0.15, 0.2) is 152 Å². The monoisotopic (exact) mass is 691 g/mol. The Morgan fingerprint density at radius 2 is 1.11 bits per heavy atom. The van der Waals surface area contributed by atoms with Crippen molar-refractivity contribution in [1.29, 1.82) is 0 Å². The second kappa shape index (κ2) is 10.4. The number of allylic oxidation sites excluding steroid dienone is 1.